The number of carbonyl (C=O) groups excluding carboxylic acids is 2. The molecule has 0 spiro atoms. The summed E-state index contributed by atoms with van der Waals surface area (Å²) in [5.41, 5.74) is 1.45. The summed E-state index contributed by atoms with van der Waals surface area (Å²) in [6.07, 6.45) is 0.285. The minimum atomic E-state index is -0.416. The number of halogens is 1. The third kappa shape index (κ3) is 4.95. The van der Waals surface area contributed by atoms with Crippen LogP contribution in [0.15, 0.2) is 42.5 Å². The minimum Gasteiger partial charge on any atom is -0.486 e. The van der Waals surface area contributed by atoms with E-state index in [9.17, 15) is 14.0 Å². The number of amides is 2. The van der Waals surface area contributed by atoms with Crippen molar-refractivity contribution in [3.05, 3.63) is 53.8 Å². The summed E-state index contributed by atoms with van der Waals surface area (Å²) in [5.74, 6) is 0.113. The van der Waals surface area contributed by atoms with Gasteiger partial charge in [0.15, 0.2) is 11.5 Å². The maximum atomic E-state index is 12.8. The average Bonchev–Trinajstić information content (AvgIpc) is 2.63. The lowest BCUT2D eigenvalue weighted by molar-refractivity contribution is -0.126. The van der Waals surface area contributed by atoms with Gasteiger partial charge in [0.05, 0.1) is 0 Å². The van der Waals surface area contributed by atoms with Crippen LogP contribution in [0.25, 0.3) is 0 Å². The Hall–Kier alpha value is -3.09. The molecule has 0 aromatic heterocycles. The number of ether oxygens (including phenoxy) is 2. The molecule has 1 aliphatic heterocycles. The highest BCUT2D eigenvalue weighted by Crippen LogP contribution is 2.32. The lowest BCUT2D eigenvalue weighted by Crippen LogP contribution is -2.29. The van der Waals surface area contributed by atoms with Crippen LogP contribution in [0.3, 0.4) is 0 Å². The minimum absolute atomic E-state index is 0.280. The van der Waals surface area contributed by atoms with Crippen LogP contribution in [0.1, 0.15) is 12.0 Å². The molecule has 1 aliphatic rings. The molecule has 0 bridgehead atoms. The van der Waals surface area contributed by atoms with Gasteiger partial charge in [-0.1, -0.05) is 12.1 Å². The number of hydrogen-bond acceptors (Lipinski definition) is 4. The third-order valence-corrected chi connectivity index (χ3v) is 3.80. The van der Waals surface area contributed by atoms with Crippen LogP contribution in [0.4, 0.5) is 10.1 Å². The standard InChI is InChI=1S/C19H19FN2O4/c20-14-3-1-13(2-4-14)7-8-21-18(23)12-19(24)22-15-5-6-16-17(11-15)26-10-9-25-16/h1-6,11H,7-10,12H2,(H,21,23)(H,22,24). The summed E-state index contributed by atoms with van der Waals surface area (Å²) in [6, 6.07) is 11.1. The Bertz CT molecular complexity index is 793. The Morgan fingerprint density at radius 3 is 2.46 bits per heavy atom. The molecular formula is C19H19FN2O4. The summed E-state index contributed by atoms with van der Waals surface area (Å²) < 4.78 is 23.7. The van der Waals surface area contributed by atoms with Gasteiger partial charge in [-0.15, -0.1) is 0 Å². The summed E-state index contributed by atoms with van der Waals surface area (Å²) in [4.78, 5) is 23.8. The summed E-state index contributed by atoms with van der Waals surface area (Å²) >= 11 is 0. The molecule has 7 heteroatoms. The van der Waals surface area contributed by atoms with Crippen molar-refractivity contribution in [1.29, 1.82) is 0 Å². The Labute approximate surface area is 150 Å². The van der Waals surface area contributed by atoms with E-state index in [0.717, 1.165) is 5.56 Å². The van der Waals surface area contributed by atoms with Gasteiger partial charge in [0.2, 0.25) is 11.8 Å². The third-order valence-electron chi connectivity index (χ3n) is 3.80. The molecule has 0 radical (unpaired) electrons. The van der Waals surface area contributed by atoms with E-state index in [0.29, 0.717) is 43.4 Å². The zero-order valence-corrected chi connectivity index (χ0v) is 14.1. The second kappa shape index (κ2) is 8.33. The molecule has 0 fully saturated rings. The molecular weight excluding hydrogens is 339 g/mol. The average molecular weight is 358 g/mol. The molecule has 0 atom stereocenters. The number of carbonyl (C=O) groups is 2. The Balaban J connectivity index is 1.42. The monoisotopic (exact) mass is 358 g/mol. The van der Waals surface area contributed by atoms with Gasteiger partial charge in [0, 0.05) is 18.3 Å². The van der Waals surface area contributed by atoms with Crippen molar-refractivity contribution >= 4 is 17.5 Å². The highest BCUT2D eigenvalue weighted by molar-refractivity contribution is 6.03. The molecule has 2 amide bonds. The normalized spacial score (nSPS) is 12.3. The topological polar surface area (TPSA) is 76.7 Å². The first kappa shape index (κ1) is 17.7. The largest absolute Gasteiger partial charge is 0.486 e. The van der Waals surface area contributed by atoms with E-state index in [1.807, 2.05) is 0 Å². The predicted molar refractivity (Wildman–Crippen MR) is 93.8 cm³/mol. The van der Waals surface area contributed by atoms with Gasteiger partial charge in [-0.2, -0.15) is 0 Å². The van der Waals surface area contributed by atoms with Crippen molar-refractivity contribution < 1.29 is 23.5 Å². The molecule has 2 aromatic carbocycles. The van der Waals surface area contributed by atoms with E-state index >= 15 is 0 Å². The molecule has 2 N–H and O–H groups in total. The summed E-state index contributed by atoms with van der Waals surface area (Å²) in [6.45, 7) is 1.33. The highest BCUT2D eigenvalue weighted by Gasteiger charge is 2.14. The maximum Gasteiger partial charge on any atom is 0.233 e. The molecule has 26 heavy (non-hydrogen) atoms. The molecule has 2 aromatic rings. The number of rotatable bonds is 6. The van der Waals surface area contributed by atoms with E-state index < -0.39 is 5.91 Å². The second-order valence-electron chi connectivity index (χ2n) is 5.81. The molecule has 3 rings (SSSR count). The van der Waals surface area contributed by atoms with Crippen molar-refractivity contribution in [1.82, 2.24) is 5.32 Å². The van der Waals surface area contributed by atoms with E-state index in [4.69, 9.17) is 9.47 Å². The van der Waals surface area contributed by atoms with E-state index in [2.05, 4.69) is 10.6 Å². The van der Waals surface area contributed by atoms with Crippen molar-refractivity contribution in [2.24, 2.45) is 0 Å². The lowest BCUT2D eigenvalue weighted by Gasteiger charge is -2.19. The number of hydrogen-bond donors (Lipinski definition) is 2. The van der Waals surface area contributed by atoms with Crippen molar-refractivity contribution in [2.75, 3.05) is 25.1 Å². The van der Waals surface area contributed by atoms with Crippen LogP contribution in [0, 0.1) is 5.82 Å². The molecule has 136 valence electrons. The first-order valence-corrected chi connectivity index (χ1v) is 8.31. The Kier molecular flexibility index (Phi) is 5.68. The fraction of sp³-hybridized carbons (Fsp3) is 0.263. The Morgan fingerprint density at radius 2 is 1.69 bits per heavy atom. The predicted octanol–water partition coefficient (Wildman–Crippen LogP) is 2.28. The van der Waals surface area contributed by atoms with E-state index in [1.54, 1.807) is 30.3 Å². The molecule has 6 nitrogen and oxygen atoms in total. The summed E-state index contributed by atoms with van der Waals surface area (Å²) in [7, 11) is 0. The quantitative estimate of drug-likeness (QED) is 0.777. The van der Waals surface area contributed by atoms with Crippen LogP contribution >= 0.6 is 0 Å². The highest BCUT2D eigenvalue weighted by atomic mass is 19.1. The maximum absolute atomic E-state index is 12.8. The molecule has 0 saturated heterocycles. The Morgan fingerprint density at radius 1 is 0.962 bits per heavy atom. The first-order valence-electron chi connectivity index (χ1n) is 8.31. The second-order valence-corrected chi connectivity index (χ2v) is 5.81. The van der Waals surface area contributed by atoms with Gasteiger partial charge in [0.25, 0.3) is 0 Å². The van der Waals surface area contributed by atoms with Gasteiger partial charge >= 0.3 is 0 Å². The van der Waals surface area contributed by atoms with E-state index in [-0.39, 0.29) is 18.1 Å². The van der Waals surface area contributed by atoms with E-state index in [1.165, 1.54) is 12.1 Å². The zero-order chi connectivity index (χ0) is 18.4. The number of benzene rings is 2. The fourth-order valence-electron chi connectivity index (χ4n) is 2.53. The van der Waals surface area contributed by atoms with Crippen LogP contribution in [0.2, 0.25) is 0 Å². The van der Waals surface area contributed by atoms with Gasteiger partial charge in [0.1, 0.15) is 25.5 Å². The van der Waals surface area contributed by atoms with Crippen LogP contribution in [0.5, 0.6) is 11.5 Å². The zero-order valence-electron chi connectivity index (χ0n) is 14.1. The van der Waals surface area contributed by atoms with Crippen LogP contribution in [-0.2, 0) is 16.0 Å². The molecule has 0 saturated carbocycles. The van der Waals surface area contributed by atoms with Gasteiger partial charge in [-0.25, -0.2) is 4.39 Å². The van der Waals surface area contributed by atoms with Crippen LogP contribution in [-0.4, -0.2) is 31.6 Å². The fourth-order valence-corrected chi connectivity index (χ4v) is 2.53. The molecule has 0 unspecified atom stereocenters. The number of anilines is 1. The lowest BCUT2D eigenvalue weighted by atomic mass is 10.1. The van der Waals surface area contributed by atoms with Crippen molar-refractivity contribution in [3.8, 4) is 11.5 Å². The summed E-state index contributed by atoms with van der Waals surface area (Å²) in [5, 5.41) is 5.33. The SMILES string of the molecule is O=C(CC(=O)Nc1ccc2c(c1)OCCO2)NCCc1ccc(F)cc1. The van der Waals surface area contributed by atoms with Crippen molar-refractivity contribution in [3.63, 3.8) is 0 Å². The smallest absolute Gasteiger partial charge is 0.233 e. The van der Waals surface area contributed by atoms with Gasteiger partial charge in [-0.3, -0.25) is 9.59 Å². The van der Waals surface area contributed by atoms with Gasteiger partial charge < -0.3 is 20.1 Å². The number of fused-ring (bicyclic) bond motifs is 1. The molecule has 0 aliphatic carbocycles. The first-order chi connectivity index (χ1) is 12.6. The van der Waals surface area contributed by atoms with Crippen LogP contribution < -0.4 is 20.1 Å². The molecule has 1 heterocycles. The van der Waals surface area contributed by atoms with Crippen molar-refractivity contribution in [2.45, 2.75) is 12.8 Å². The number of nitrogens with one attached hydrogen (secondary N) is 2. The van der Waals surface area contributed by atoms with Gasteiger partial charge in [-0.05, 0) is 36.2 Å².